The number of hydrogen-bond acceptors (Lipinski definition) is 7. The first-order valence-corrected chi connectivity index (χ1v) is 8.20. The monoisotopic (exact) mass is 382 g/mol. The summed E-state index contributed by atoms with van der Waals surface area (Å²) in [6.45, 7) is 0.294. The molecule has 9 heteroatoms. The Kier molecular flexibility index (Phi) is 6.93. The normalized spacial score (nSPS) is 10.6. The molecule has 0 bridgehead atoms. The third kappa shape index (κ3) is 5.47. The predicted octanol–water partition coefficient (Wildman–Crippen LogP) is 2.49. The van der Waals surface area contributed by atoms with Gasteiger partial charge in [-0.3, -0.25) is 14.9 Å². The van der Waals surface area contributed by atoms with Crippen LogP contribution in [0, 0.1) is 21.4 Å². The molecule has 0 spiro atoms. The second-order valence-corrected chi connectivity index (χ2v) is 5.63. The zero-order valence-corrected chi connectivity index (χ0v) is 15.0. The van der Waals surface area contributed by atoms with E-state index in [1.807, 2.05) is 0 Å². The van der Waals surface area contributed by atoms with Crippen LogP contribution in [0.2, 0.25) is 0 Å². The molecule has 0 saturated carbocycles. The van der Waals surface area contributed by atoms with Crippen molar-refractivity contribution in [1.29, 1.82) is 5.26 Å². The van der Waals surface area contributed by atoms with E-state index >= 15 is 0 Å². The van der Waals surface area contributed by atoms with Crippen LogP contribution >= 0.6 is 0 Å². The molecular formula is C19H18N4O5. The lowest BCUT2D eigenvalue weighted by molar-refractivity contribution is -0.384. The van der Waals surface area contributed by atoms with E-state index in [1.165, 1.54) is 25.3 Å². The quantitative estimate of drug-likeness (QED) is 0.276. The smallest absolute Gasteiger partial charge is 0.271 e. The van der Waals surface area contributed by atoms with Gasteiger partial charge in [-0.2, -0.15) is 5.26 Å². The first-order valence-electron chi connectivity index (χ1n) is 8.20. The highest BCUT2D eigenvalue weighted by Crippen LogP contribution is 2.28. The van der Waals surface area contributed by atoms with Gasteiger partial charge in [0.2, 0.25) is 0 Å². The lowest BCUT2D eigenvalue weighted by Crippen LogP contribution is -2.27. The van der Waals surface area contributed by atoms with Gasteiger partial charge >= 0.3 is 0 Å². The Hall–Kier alpha value is -4.06. The molecule has 0 fully saturated rings. The van der Waals surface area contributed by atoms with Gasteiger partial charge in [-0.05, 0) is 30.2 Å². The molecule has 0 radical (unpaired) electrons. The SMILES string of the molecule is COc1ccc([N+](=O)[O-])cc1N/C=C(/C#N)C(=O)NCCc1ccc(O)cc1. The molecule has 3 N–H and O–H groups in total. The number of hydrogen-bond donors (Lipinski definition) is 3. The molecule has 28 heavy (non-hydrogen) atoms. The number of ether oxygens (including phenoxy) is 1. The summed E-state index contributed by atoms with van der Waals surface area (Å²) in [7, 11) is 1.40. The molecule has 0 heterocycles. The van der Waals surface area contributed by atoms with Crippen molar-refractivity contribution < 1.29 is 19.6 Å². The van der Waals surface area contributed by atoms with Crippen LogP contribution in [0.5, 0.6) is 11.5 Å². The first-order chi connectivity index (χ1) is 13.4. The van der Waals surface area contributed by atoms with Crippen LogP contribution < -0.4 is 15.4 Å². The van der Waals surface area contributed by atoms with Gasteiger partial charge in [0.25, 0.3) is 11.6 Å². The Labute approximate surface area is 161 Å². The van der Waals surface area contributed by atoms with E-state index in [9.17, 15) is 25.3 Å². The highest BCUT2D eigenvalue weighted by atomic mass is 16.6. The number of nitro benzene ring substituents is 1. The number of nitriles is 1. The Morgan fingerprint density at radius 3 is 2.64 bits per heavy atom. The van der Waals surface area contributed by atoms with E-state index in [1.54, 1.807) is 30.3 Å². The first kappa shape index (κ1) is 20.3. The largest absolute Gasteiger partial charge is 0.508 e. The van der Waals surface area contributed by atoms with Crippen molar-refractivity contribution in [3.05, 3.63) is 69.9 Å². The van der Waals surface area contributed by atoms with E-state index in [0.717, 1.165) is 11.8 Å². The maximum atomic E-state index is 12.1. The number of non-ortho nitro benzene ring substituents is 1. The van der Waals surface area contributed by atoms with Crippen LogP contribution in [0.25, 0.3) is 0 Å². The van der Waals surface area contributed by atoms with Gasteiger partial charge in [0.1, 0.15) is 23.1 Å². The zero-order chi connectivity index (χ0) is 20.5. The van der Waals surface area contributed by atoms with Crippen molar-refractivity contribution in [2.45, 2.75) is 6.42 Å². The second kappa shape index (κ2) is 9.59. The molecule has 2 rings (SSSR count). The van der Waals surface area contributed by atoms with Crippen molar-refractivity contribution in [3.63, 3.8) is 0 Å². The highest BCUT2D eigenvalue weighted by Gasteiger charge is 2.12. The number of anilines is 1. The standard InChI is InChI=1S/C19H18N4O5/c1-28-18-7-4-15(23(26)27)10-17(18)22-12-14(11-20)19(25)21-9-8-13-2-5-16(24)6-3-13/h2-7,10,12,22,24H,8-9H2,1H3,(H,21,25)/b14-12-. The summed E-state index contributed by atoms with van der Waals surface area (Å²) in [4.78, 5) is 22.5. The average Bonchev–Trinajstić information content (AvgIpc) is 2.69. The molecule has 2 aromatic carbocycles. The number of nitrogens with one attached hydrogen (secondary N) is 2. The summed E-state index contributed by atoms with van der Waals surface area (Å²) < 4.78 is 5.11. The van der Waals surface area contributed by atoms with Crippen LogP contribution in [0.3, 0.4) is 0 Å². The molecule has 0 aliphatic carbocycles. The predicted molar refractivity (Wildman–Crippen MR) is 102 cm³/mol. The Morgan fingerprint density at radius 2 is 2.04 bits per heavy atom. The number of nitrogens with zero attached hydrogens (tertiary/aromatic N) is 2. The van der Waals surface area contributed by atoms with Gasteiger partial charge in [-0.1, -0.05) is 12.1 Å². The fourth-order valence-electron chi connectivity index (χ4n) is 2.30. The van der Waals surface area contributed by atoms with Crippen LogP contribution in [-0.2, 0) is 11.2 Å². The van der Waals surface area contributed by atoms with Gasteiger partial charge in [0.05, 0.1) is 17.7 Å². The maximum absolute atomic E-state index is 12.1. The number of amides is 1. The molecule has 9 nitrogen and oxygen atoms in total. The molecule has 0 unspecified atom stereocenters. The Morgan fingerprint density at radius 1 is 1.32 bits per heavy atom. The van der Waals surface area contributed by atoms with Crippen LogP contribution in [0.1, 0.15) is 5.56 Å². The van der Waals surface area contributed by atoms with E-state index in [0.29, 0.717) is 18.7 Å². The number of rotatable bonds is 8. The Balaban J connectivity index is 2.01. The molecular weight excluding hydrogens is 364 g/mol. The van der Waals surface area contributed by atoms with Crippen LogP contribution in [0.15, 0.2) is 54.2 Å². The number of aromatic hydroxyl groups is 1. The molecule has 1 amide bonds. The fourth-order valence-corrected chi connectivity index (χ4v) is 2.30. The number of phenolic OH excluding ortho intramolecular Hbond substituents is 1. The number of carbonyl (C=O) groups excluding carboxylic acids is 1. The van der Waals surface area contributed by atoms with Crippen LogP contribution in [0.4, 0.5) is 11.4 Å². The molecule has 0 saturated heterocycles. The molecule has 0 aliphatic heterocycles. The van der Waals surface area contributed by atoms with Gasteiger partial charge in [-0.25, -0.2) is 0 Å². The third-order valence-electron chi connectivity index (χ3n) is 3.77. The fraction of sp³-hybridized carbons (Fsp3) is 0.158. The molecule has 0 aromatic heterocycles. The summed E-state index contributed by atoms with van der Waals surface area (Å²) in [5.74, 6) is -0.102. The third-order valence-corrected chi connectivity index (χ3v) is 3.77. The minimum absolute atomic E-state index is 0.158. The van der Waals surface area contributed by atoms with Gasteiger partial charge < -0.3 is 20.5 Å². The number of carbonyl (C=O) groups is 1. The highest BCUT2D eigenvalue weighted by molar-refractivity contribution is 5.97. The molecule has 0 atom stereocenters. The van der Waals surface area contributed by atoms with Crippen LogP contribution in [-0.4, -0.2) is 29.6 Å². The number of methoxy groups -OCH3 is 1. The Bertz CT molecular complexity index is 932. The topological polar surface area (TPSA) is 138 Å². The van der Waals surface area contributed by atoms with E-state index < -0.39 is 10.8 Å². The summed E-state index contributed by atoms with van der Waals surface area (Å²) in [6, 6.07) is 12.3. The van der Waals surface area contributed by atoms with Crippen molar-refractivity contribution >= 4 is 17.3 Å². The summed E-state index contributed by atoms with van der Waals surface area (Å²) in [5, 5.41) is 34.7. The maximum Gasteiger partial charge on any atom is 0.271 e. The van der Waals surface area contributed by atoms with E-state index in [2.05, 4.69) is 10.6 Å². The van der Waals surface area contributed by atoms with E-state index in [-0.39, 0.29) is 22.7 Å². The van der Waals surface area contributed by atoms with Gasteiger partial charge in [-0.15, -0.1) is 0 Å². The van der Waals surface area contributed by atoms with Gasteiger partial charge in [0.15, 0.2) is 0 Å². The molecule has 144 valence electrons. The summed E-state index contributed by atoms with van der Waals surface area (Å²) >= 11 is 0. The second-order valence-electron chi connectivity index (χ2n) is 5.63. The zero-order valence-electron chi connectivity index (χ0n) is 15.0. The van der Waals surface area contributed by atoms with Gasteiger partial charge in [0, 0.05) is 24.9 Å². The van der Waals surface area contributed by atoms with Crippen molar-refractivity contribution in [3.8, 4) is 17.6 Å². The average molecular weight is 382 g/mol. The summed E-state index contributed by atoms with van der Waals surface area (Å²) in [5.41, 5.74) is 0.814. The van der Waals surface area contributed by atoms with E-state index in [4.69, 9.17) is 4.74 Å². The molecule has 0 aliphatic rings. The summed E-state index contributed by atoms with van der Waals surface area (Å²) in [6.07, 6.45) is 1.69. The lowest BCUT2D eigenvalue weighted by Gasteiger charge is -2.09. The lowest BCUT2D eigenvalue weighted by atomic mass is 10.1. The number of phenols is 1. The van der Waals surface area contributed by atoms with Crippen molar-refractivity contribution in [2.75, 3.05) is 19.0 Å². The minimum atomic E-state index is -0.585. The number of benzene rings is 2. The minimum Gasteiger partial charge on any atom is -0.508 e. The number of nitro groups is 1. The van der Waals surface area contributed by atoms with Crippen molar-refractivity contribution in [2.24, 2.45) is 0 Å². The van der Waals surface area contributed by atoms with Crippen molar-refractivity contribution in [1.82, 2.24) is 5.32 Å². The molecule has 2 aromatic rings.